The van der Waals surface area contributed by atoms with Crippen LogP contribution in [-0.4, -0.2) is 40.4 Å². The van der Waals surface area contributed by atoms with Crippen molar-refractivity contribution in [3.05, 3.63) is 108 Å². The van der Waals surface area contributed by atoms with E-state index >= 15 is 0 Å². The van der Waals surface area contributed by atoms with Crippen LogP contribution in [0.5, 0.6) is 0 Å². The summed E-state index contributed by atoms with van der Waals surface area (Å²) in [6.07, 6.45) is 0.945. The number of hydrogen-bond donors (Lipinski definition) is 1. The topological polar surface area (TPSA) is 81.7 Å². The summed E-state index contributed by atoms with van der Waals surface area (Å²) in [7, 11) is -2.50. The molecular formula is C24H25NO5S. The van der Waals surface area contributed by atoms with Crippen molar-refractivity contribution >= 4 is 16.1 Å². The minimum absolute atomic E-state index is 0.403. The molecule has 0 saturated carbocycles. The Balaban J connectivity index is 2.22. The van der Waals surface area contributed by atoms with Gasteiger partial charge in [0.25, 0.3) is 10.1 Å². The van der Waals surface area contributed by atoms with Gasteiger partial charge in [0.2, 0.25) is 0 Å². The number of carbonyl (C=O) groups excluding carboxylic acids is 1. The molecule has 0 aliphatic carbocycles. The van der Waals surface area contributed by atoms with Crippen molar-refractivity contribution < 1.29 is 22.1 Å². The first-order valence-electron chi connectivity index (χ1n) is 9.73. The van der Waals surface area contributed by atoms with Crippen LogP contribution in [0.15, 0.2) is 91.0 Å². The van der Waals surface area contributed by atoms with Gasteiger partial charge in [-0.05, 0) is 16.7 Å². The summed E-state index contributed by atoms with van der Waals surface area (Å²) in [6.45, 7) is -0.403. The molecule has 0 aliphatic heterocycles. The fourth-order valence-corrected chi connectivity index (χ4v) is 3.96. The van der Waals surface area contributed by atoms with Crippen molar-refractivity contribution in [3.63, 3.8) is 0 Å². The Bertz CT molecular complexity index is 990. The van der Waals surface area contributed by atoms with E-state index in [0.717, 1.165) is 22.9 Å². The Kier molecular flexibility index (Phi) is 7.22. The van der Waals surface area contributed by atoms with E-state index in [1.54, 1.807) is 0 Å². The number of hydrogen-bond acceptors (Lipinski definition) is 6. The molecule has 6 nitrogen and oxygen atoms in total. The predicted octanol–water partition coefficient (Wildman–Crippen LogP) is 3.09. The van der Waals surface area contributed by atoms with Gasteiger partial charge in [-0.15, -0.1) is 0 Å². The number of benzene rings is 3. The molecule has 31 heavy (non-hydrogen) atoms. The number of nitrogens with one attached hydrogen (secondary N) is 1. The van der Waals surface area contributed by atoms with Gasteiger partial charge in [0.05, 0.1) is 25.5 Å². The summed E-state index contributed by atoms with van der Waals surface area (Å²) in [5.74, 6) is -0.629. The normalized spacial score (nSPS) is 12.8. The number of carbonyl (C=O) groups is 1. The highest BCUT2D eigenvalue weighted by atomic mass is 32.2. The first kappa shape index (κ1) is 22.7. The third-order valence-corrected chi connectivity index (χ3v) is 5.51. The Labute approximate surface area is 183 Å². The lowest BCUT2D eigenvalue weighted by molar-refractivity contribution is -0.144. The highest BCUT2D eigenvalue weighted by Gasteiger charge is 2.40. The molecule has 3 aromatic rings. The van der Waals surface area contributed by atoms with E-state index in [0.29, 0.717) is 0 Å². The largest absolute Gasteiger partial charge is 0.468 e. The van der Waals surface area contributed by atoms with E-state index in [1.807, 2.05) is 91.0 Å². The second kappa shape index (κ2) is 9.87. The van der Waals surface area contributed by atoms with E-state index < -0.39 is 34.3 Å². The molecule has 0 fully saturated rings. The summed E-state index contributed by atoms with van der Waals surface area (Å²) in [5.41, 5.74) is 1.66. The van der Waals surface area contributed by atoms with Crippen molar-refractivity contribution in [3.8, 4) is 0 Å². The molecule has 0 radical (unpaired) electrons. The Morgan fingerprint density at radius 3 is 1.55 bits per heavy atom. The first-order valence-corrected chi connectivity index (χ1v) is 11.5. The Hall–Kier alpha value is -3.00. The zero-order valence-electron chi connectivity index (χ0n) is 17.4. The fourth-order valence-electron chi connectivity index (χ4n) is 3.58. The van der Waals surface area contributed by atoms with Crippen molar-refractivity contribution in [2.45, 2.75) is 11.6 Å². The molecule has 0 aromatic heterocycles. The molecule has 0 bridgehead atoms. The molecular weight excluding hydrogens is 414 g/mol. The van der Waals surface area contributed by atoms with Gasteiger partial charge in [-0.2, -0.15) is 8.42 Å². The summed E-state index contributed by atoms with van der Waals surface area (Å²) in [4.78, 5) is 12.6. The second-order valence-electron chi connectivity index (χ2n) is 7.06. The summed E-state index contributed by atoms with van der Waals surface area (Å²) < 4.78 is 33.2. The number of ether oxygens (including phenoxy) is 1. The van der Waals surface area contributed by atoms with E-state index in [2.05, 4.69) is 5.32 Å². The lowest BCUT2D eigenvalue weighted by Gasteiger charge is -2.39. The van der Waals surface area contributed by atoms with Crippen molar-refractivity contribution in [2.75, 3.05) is 20.0 Å². The predicted molar refractivity (Wildman–Crippen MR) is 119 cm³/mol. The molecule has 0 spiro atoms. The molecule has 0 saturated heterocycles. The first-order chi connectivity index (χ1) is 14.9. The highest BCUT2D eigenvalue weighted by Crippen LogP contribution is 2.37. The number of rotatable bonds is 9. The van der Waals surface area contributed by atoms with Crippen LogP contribution < -0.4 is 5.32 Å². The molecule has 1 unspecified atom stereocenters. The van der Waals surface area contributed by atoms with Crippen LogP contribution in [0.3, 0.4) is 0 Å². The highest BCUT2D eigenvalue weighted by molar-refractivity contribution is 7.85. The van der Waals surface area contributed by atoms with Gasteiger partial charge in [0, 0.05) is 0 Å². The van der Waals surface area contributed by atoms with Gasteiger partial charge in [-0.3, -0.25) is 14.3 Å². The molecule has 7 heteroatoms. The Morgan fingerprint density at radius 1 is 0.839 bits per heavy atom. The smallest absolute Gasteiger partial charge is 0.325 e. The monoisotopic (exact) mass is 439 g/mol. The molecule has 0 aliphatic rings. The van der Waals surface area contributed by atoms with E-state index in [1.165, 1.54) is 7.11 Å². The van der Waals surface area contributed by atoms with Gasteiger partial charge < -0.3 is 4.74 Å². The maximum absolute atomic E-state index is 12.6. The van der Waals surface area contributed by atoms with Crippen molar-refractivity contribution in [2.24, 2.45) is 0 Å². The van der Waals surface area contributed by atoms with E-state index in [9.17, 15) is 13.2 Å². The molecule has 162 valence electrons. The molecule has 1 N–H and O–H groups in total. The average molecular weight is 440 g/mol. The van der Waals surface area contributed by atoms with Gasteiger partial charge in [0.15, 0.2) is 0 Å². The maximum Gasteiger partial charge on any atom is 0.325 e. The number of esters is 1. The zero-order chi connectivity index (χ0) is 22.3. The van der Waals surface area contributed by atoms with Crippen LogP contribution in [0.4, 0.5) is 0 Å². The third kappa shape index (κ3) is 5.38. The minimum atomic E-state index is -3.76. The average Bonchev–Trinajstić information content (AvgIpc) is 2.80. The standard InChI is InChI=1S/C24H25NO5S/c1-29-23(26)22(18-30-31(2,27)28)25-24(19-12-6-3-7-13-19,20-14-8-4-9-15-20)21-16-10-5-11-17-21/h3-17,22,25H,18H2,1-2H3. The van der Waals surface area contributed by atoms with Crippen molar-refractivity contribution in [1.82, 2.24) is 5.32 Å². The molecule has 3 rings (SSSR count). The quantitative estimate of drug-likeness (QED) is 0.314. The van der Waals surface area contributed by atoms with Crippen LogP contribution in [0, 0.1) is 0 Å². The summed E-state index contributed by atoms with van der Waals surface area (Å²) >= 11 is 0. The van der Waals surface area contributed by atoms with Crippen LogP contribution in [0.25, 0.3) is 0 Å². The van der Waals surface area contributed by atoms with Gasteiger partial charge in [0.1, 0.15) is 6.04 Å². The molecule has 3 aromatic carbocycles. The van der Waals surface area contributed by atoms with Crippen LogP contribution in [-0.2, 0) is 29.4 Å². The van der Waals surface area contributed by atoms with Gasteiger partial charge >= 0.3 is 5.97 Å². The number of methoxy groups -OCH3 is 1. The summed E-state index contributed by atoms with van der Waals surface area (Å²) in [6, 6.07) is 27.9. The zero-order valence-corrected chi connectivity index (χ0v) is 18.2. The van der Waals surface area contributed by atoms with Crippen molar-refractivity contribution in [1.29, 1.82) is 0 Å². The fraction of sp³-hybridized carbons (Fsp3) is 0.208. The van der Waals surface area contributed by atoms with Crippen LogP contribution in [0.1, 0.15) is 16.7 Å². The molecule has 1 atom stereocenters. The minimum Gasteiger partial charge on any atom is -0.468 e. The van der Waals surface area contributed by atoms with Gasteiger partial charge in [-0.1, -0.05) is 91.0 Å². The molecule has 0 amide bonds. The third-order valence-electron chi connectivity index (χ3n) is 4.95. The molecule has 0 heterocycles. The SMILES string of the molecule is COC(=O)C(COS(C)(=O)=O)NC(c1ccccc1)(c1ccccc1)c1ccccc1. The maximum atomic E-state index is 12.6. The van der Waals surface area contributed by atoms with E-state index in [-0.39, 0.29) is 0 Å². The van der Waals surface area contributed by atoms with E-state index in [4.69, 9.17) is 8.92 Å². The van der Waals surface area contributed by atoms with Crippen LogP contribution in [0.2, 0.25) is 0 Å². The Morgan fingerprint density at radius 2 is 1.23 bits per heavy atom. The summed E-state index contributed by atoms with van der Waals surface area (Å²) in [5, 5.41) is 3.38. The van der Waals surface area contributed by atoms with Gasteiger partial charge in [-0.25, -0.2) is 0 Å². The second-order valence-corrected chi connectivity index (χ2v) is 8.70. The lowest BCUT2D eigenvalue weighted by Crippen LogP contribution is -2.54. The van der Waals surface area contributed by atoms with Crippen LogP contribution >= 0.6 is 0 Å². The lowest BCUT2D eigenvalue weighted by atomic mass is 9.76.